The molecule has 0 amide bonds. The molecule has 0 aliphatic carbocycles. The van der Waals surface area contributed by atoms with Crippen LogP contribution >= 0.6 is 0 Å². The first-order valence-electron chi connectivity index (χ1n) is 7.16. The van der Waals surface area contributed by atoms with E-state index in [-0.39, 0.29) is 18.5 Å². The molecule has 1 aliphatic rings. The minimum atomic E-state index is -0.296. The number of hydrogen-bond donors (Lipinski definition) is 1. The van der Waals surface area contributed by atoms with Crippen LogP contribution in [0.2, 0.25) is 0 Å². The van der Waals surface area contributed by atoms with Gasteiger partial charge in [-0.1, -0.05) is 19.1 Å². The molecule has 1 aromatic heterocycles. The lowest BCUT2D eigenvalue weighted by molar-refractivity contribution is 0.244. The van der Waals surface area contributed by atoms with Crippen LogP contribution in [0.15, 0.2) is 36.5 Å². The predicted octanol–water partition coefficient (Wildman–Crippen LogP) is 2.49. The Balaban J connectivity index is 1.96. The number of anilines is 1. The number of rotatable bonds is 3. The Morgan fingerprint density at radius 2 is 2.14 bits per heavy atom. The second-order valence-corrected chi connectivity index (χ2v) is 5.43. The molecule has 1 N–H and O–H groups in total. The summed E-state index contributed by atoms with van der Waals surface area (Å²) in [4.78, 5) is 10.8. The first-order valence-corrected chi connectivity index (χ1v) is 7.16. The summed E-state index contributed by atoms with van der Waals surface area (Å²) >= 11 is 0. The molecule has 0 spiro atoms. The van der Waals surface area contributed by atoms with Crippen molar-refractivity contribution in [2.75, 3.05) is 18.1 Å². The molecule has 2 aromatic rings. The van der Waals surface area contributed by atoms with Crippen LogP contribution in [0.25, 0.3) is 11.3 Å². The average Bonchev–Trinajstić information content (AvgIpc) is 2.89. The second kappa shape index (κ2) is 5.77. The number of halogens is 1. The molecule has 1 aliphatic heterocycles. The summed E-state index contributed by atoms with van der Waals surface area (Å²) < 4.78 is 13.9. The zero-order chi connectivity index (χ0) is 14.8. The van der Waals surface area contributed by atoms with E-state index in [2.05, 4.69) is 16.9 Å². The van der Waals surface area contributed by atoms with Crippen LogP contribution in [-0.2, 0) is 0 Å². The zero-order valence-electron chi connectivity index (χ0n) is 11.9. The van der Waals surface area contributed by atoms with Crippen molar-refractivity contribution in [1.29, 1.82) is 0 Å². The maximum atomic E-state index is 13.9. The number of aliphatic hydroxyl groups excluding tert-OH is 1. The molecular weight excluding hydrogens is 269 g/mol. The summed E-state index contributed by atoms with van der Waals surface area (Å²) in [5, 5.41) is 9.54. The molecule has 0 bridgehead atoms. The molecule has 5 heteroatoms. The molecule has 1 saturated heterocycles. The first-order chi connectivity index (χ1) is 10.2. The Kier molecular flexibility index (Phi) is 3.84. The highest BCUT2D eigenvalue weighted by atomic mass is 19.1. The monoisotopic (exact) mass is 287 g/mol. The lowest BCUT2D eigenvalue weighted by Crippen LogP contribution is -2.36. The van der Waals surface area contributed by atoms with E-state index in [1.807, 2.05) is 4.90 Å². The molecular formula is C16H18FN3O. The van der Waals surface area contributed by atoms with Crippen molar-refractivity contribution in [1.82, 2.24) is 9.97 Å². The van der Waals surface area contributed by atoms with Gasteiger partial charge in [0.15, 0.2) is 0 Å². The standard InChI is InChI=1S/C16H18FN3O/c1-11-7-9-20(15(11)10-21)16-18-8-6-14(19-16)12-4-2-3-5-13(12)17/h2-6,8,11,15,21H,7,9-10H2,1H3. The van der Waals surface area contributed by atoms with Crippen molar-refractivity contribution in [2.24, 2.45) is 5.92 Å². The molecule has 1 aromatic carbocycles. The number of hydrogen-bond acceptors (Lipinski definition) is 4. The van der Waals surface area contributed by atoms with E-state index in [0.29, 0.717) is 23.1 Å². The van der Waals surface area contributed by atoms with Gasteiger partial charge in [0.1, 0.15) is 5.82 Å². The minimum Gasteiger partial charge on any atom is -0.394 e. The van der Waals surface area contributed by atoms with Crippen molar-refractivity contribution in [3.05, 3.63) is 42.3 Å². The summed E-state index contributed by atoms with van der Waals surface area (Å²) in [6, 6.07) is 8.30. The third-order valence-corrected chi connectivity index (χ3v) is 4.12. The van der Waals surface area contributed by atoms with Crippen LogP contribution < -0.4 is 4.90 Å². The van der Waals surface area contributed by atoms with Gasteiger partial charge < -0.3 is 10.0 Å². The summed E-state index contributed by atoms with van der Waals surface area (Å²) in [7, 11) is 0. The van der Waals surface area contributed by atoms with Gasteiger partial charge in [-0.3, -0.25) is 0 Å². The fraction of sp³-hybridized carbons (Fsp3) is 0.375. The average molecular weight is 287 g/mol. The van der Waals surface area contributed by atoms with Gasteiger partial charge in [0.2, 0.25) is 5.95 Å². The van der Waals surface area contributed by atoms with Crippen LogP contribution in [0, 0.1) is 11.7 Å². The highest BCUT2D eigenvalue weighted by Gasteiger charge is 2.32. The topological polar surface area (TPSA) is 49.2 Å². The fourth-order valence-corrected chi connectivity index (χ4v) is 2.84. The third kappa shape index (κ3) is 2.61. The smallest absolute Gasteiger partial charge is 0.226 e. The molecule has 0 saturated carbocycles. The van der Waals surface area contributed by atoms with E-state index in [1.165, 1.54) is 6.07 Å². The van der Waals surface area contributed by atoms with E-state index < -0.39 is 0 Å². The van der Waals surface area contributed by atoms with Crippen LogP contribution in [-0.4, -0.2) is 34.3 Å². The Hall–Kier alpha value is -2.01. The molecule has 0 radical (unpaired) electrons. The molecule has 2 atom stereocenters. The van der Waals surface area contributed by atoms with Gasteiger partial charge in [0.25, 0.3) is 0 Å². The maximum absolute atomic E-state index is 13.9. The van der Waals surface area contributed by atoms with Crippen LogP contribution in [0.1, 0.15) is 13.3 Å². The Morgan fingerprint density at radius 3 is 2.90 bits per heavy atom. The normalized spacial score (nSPS) is 21.8. The van der Waals surface area contributed by atoms with Crippen molar-refractivity contribution in [3.8, 4) is 11.3 Å². The first kappa shape index (κ1) is 13.9. The lowest BCUT2D eigenvalue weighted by Gasteiger charge is -2.25. The molecule has 4 nitrogen and oxygen atoms in total. The van der Waals surface area contributed by atoms with Crippen LogP contribution in [0.5, 0.6) is 0 Å². The van der Waals surface area contributed by atoms with E-state index in [9.17, 15) is 9.50 Å². The van der Waals surface area contributed by atoms with Gasteiger partial charge in [-0.15, -0.1) is 0 Å². The predicted molar refractivity (Wildman–Crippen MR) is 79.4 cm³/mol. The summed E-state index contributed by atoms with van der Waals surface area (Å²) in [5.74, 6) is 0.658. The Morgan fingerprint density at radius 1 is 1.33 bits per heavy atom. The quantitative estimate of drug-likeness (QED) is 0.942. The van der Waals surface area contributed by atoms with Gasteiger partial charge in [0.05, 0.1) is 18.3 Å². The highest BCUT2D eigenvalue weighted by Crippen LogP contribution is 2.28. The Bertz CT molecular complexity index is 634. The maximum Gasteiger partial charge on any atom is 0.226 e. The number of aliphatic hydroxyl groups is 1. The molecule has 3 rings (SSSR count). The van der Waals surface area contributed by atoms with E-state index in [4.69, 9.17) is 0 Å². The van der Waals surface area contributed by atoms with Crippen LogP contribution in [0.3, 0.4) is 0 Å². The highest BCUT2D eigenvalue weighted by molar-refractivity contribution is 5.61. The second-order valence-electron chi connectivity index (χ2n) is 5.43. The molecule has 110 valence electrons. The molecule has 21 heavy (non-hydrogen) atoms. The van der Waals surface area contributed by atoms with Gasteiger partial charge in [0, 0.05) is 18.3 Å². The van der Waals surface area contributed by atoms with Crippen molar-refractivity contribution in [2.45, 2.75) is 19.4 Å². The van der Waals surface area contributed by atoms with Gasteiger partial charge in [-0.25, -0.2) is 14.4 Å². The number of benzene rings is 1. The van der Waals surface area contributed by atoms with Crippen molar-refractivity contribution < 1.29 is 9.50 Å². The Labute approximate surface area is 123 Å². The molecule has 1 fully saturated rings. The number of nitrogens with zero attached hydrogens (tertiary/aromatic N) is 3. The van der Waals surface area contributed by atoms with Crippen molar-refractivity contribution >= 4 is 5.95 Å². The summed E-state index contributed by atoms with van der Waals surface area (Å²) in [6.07, 6.45) is 2.64. The van der Waals surface area contributed by atoms with Gasteiger partial charge in [-0.2, -0.15) is 0 Å². The van der Waals surface area contributed by atoms with Crippen LogP contribution in [0.4, 0.5) is 10.3 Å². The van der Waals surface area contributed by atoms with Gasteiger partial charge in [-0.05, 0) is 30.5 Å². The van der Waals surface area contributed by atoms with E-state index in [1.54, 1.807) is 30.5 Å². The third-order valence-electron chi connectivity index (χ3n) is 4.12. The molecule has 2 unspecified atom stereocenters. The summed E-state index contributed by atoms with van der Waals surface area (Å²) in [5.41, 5.74) is 1.03. The zero-order valence-corrected chi connectivity index (χ0v) is 11.9. The van der Waals surface area contributed by atoms with E-state index in [0.717, 1.165) is 13.0 Å². The number of aromatic nitrogens is 2. The van der Waals surface area contributed by atoms with Crippen molar-refractivity contribution in [3.63, 3.8) is 0 Å². The van der Waals surface area contributed by atoms with E-state index >= 15 is 0 Å². The van der Waals surface area contributed by atoms with Gasteiger partial charge >= 0.3 is 0 Å². The summed E-state index contributed by atoms with van der Waals surface area (Å²) in [6.45, 7) is 3.00. The lowest BCUT2D eigenvalue weighted by atomic mass is 10.0. The largest absolute Gasteiger partial charge is 0.394 e. The SMILES string of the molecule is CC1CCN(c2nccc(-c3ccccc3F)n2)C1CO. The minimum absolute atomic E-state index is 0.0286. The fourth-order valence-electron chi connectivity index (χ4n) is 2.84. The molecule has 2 heterocycles.